The van der Waals surface area contributed by atoms with Crippen molar-refractivity contribution in [3.8, 4) is 0 Å². The molecule has 90 valence electrons. The van der Waals surface area contributed by atoms with Crippen LogP contribution in [0.3, 0.4) is 0 Å². The van der Waals surface area contributed by atoms with E-state index in [4.69, 9.17) is 10.2 Å². The normalized spacial score (nSPS) is 12.9. The van der Waals surface area contributed by atoms with E-state index in [1.807, 2.05) is 0 Å². The molecule has 0 saturated heterocycles. The number of carbonyl (C=O) groups is 2. The molecule has 0 saturated carbocycles. The molecule has 0 aliphatic carbocycles. The zero-order chi connectivity index (χ0) is 12.7. The number of hydrogen-bond acceptors (Lipinski definition) is 2. The molecule has 0 aromatic carbocycles. The van der Waals surface area contributed by atoms with Gasteiger partial charge in [0.1, 0.15) is 0 Å². The molecule has 0 aliphatic rings. The smallest absolute Gasteiger partial charge is 1.00 e. The fourth-order valence-corrected chi connectivity index (χ4v) is 0.466. The number of halogens is 6. The second-order valence-corrected chi connectivity index (χ2v) is 2.33. The minimum Gasteiger partial charge on any atom is -1.00 e. The molecule has 0 bridgehead atoms. The summed E-state index contributed by atoms with van der Waals surface area (Å²) >= 11 is 0. The number of hydrogen-bond donors (Lipinski definition) is 2. The molecule has 0 unspecified atom stereocenters. The van der Waals surface area contributed by atoms with Crippen molar-refractivity contribution in [1.29, 1.82) is 0 Å². The Morgan fingerprint density at radius 1 is 0.812 bits per heavy atom. The number of aliphatic carboxylic acids is 2. The van der Waals surface area contributed by atoms with Gasteiger partial charge in [0.25, 0.3) is 0 Å². The van der Waals surface area contributed by atoms with E-state index in [1.165, 1.54) is 0 Å². The summed E-state index contributed by atoms with van der Waals surface area (Å²) in [5.74, 6) is -26.0. The Labute approximate surface area is 128 Å². The summed E-state index contributed by atoms with van der Waals surface area (Å²) in [5, 5.41) is 15.1. The maximum absolute atomic E-state index is 12.2. The van der Waals surface area contributed by atoms with Crippen LogP contribution in [0.5, 0.6) is 0 Å². The Bertz CT molecular complexity index is 281. The molecule has 0 spiro atoms. The molecule has 0 radical (unpaired) electrons. The molecule has 0 amide bonds. The average molecular weight is 280 g/mol. The molecule has 0 aromatic heterocycles. The molecule has 0 fully saturated rings. The van der Waals surface area contributed by atoms with Gasteiger partial charge in [-0.15, -0.1) is 0 Å². The van der Waals surface area contributed by atoms with Crippen LogP contribution in [0.15, 0.2) is 0 Å². The fourth-order valence-electron chi connectivity index (χ4n) is 0.466. The van der Waals surface area contributed by atoms with E-state index in [2.05, 4.69) is 0 Å². The van der Waals surface area contributed by atoms with Gasteiger partial charge in [-0.25, -0.2) is 9.59 Å². The Morgan fingerprint density at radius 3 is 1.12 bits per heavy atom. The largest absolute Gasteiger partial charge is 1.00 e. The number of carboxylic acids is 2. The standard InChI is InChI=1S/C5H2F6O4.K.H/c6-3(7,1(12)13)5(10,11)4(8,9)2(14)15;;/h(H,12,13)(H,14,15);;/q;+1;-1. The zero-order valence-electron chi connectivity index (χ0n) is 8.48. The summed E-state index contributed by atoms with van der Waals surface area (Å²) in [5.41, 5.74) is 0. The quantitative estimate of drug-likeness (QED) is 0.469. The minimum atomic E-state index is -6.53. The van der Waals surface area contributed by atoms with E-state index < -0.39 is 29.7 Å². The molecule has 2 N–H and O–H groups in total. The van der Waals surface area contributed by atoms with E-state index in [0.29, 0.717) is 0 Å². The van der Waals surface area contributed by atoms with Gasteiger partial charge in [0, 0.05) is 0 Å². The van der Waals surface area contributed by atoms with Crippen molar-refractivity contribution in [3.63, 3.8) is 0 Å². The van der Waals surface area contributed by atoms with Crippen molar-refractivity contribution in [1.82, 2.24) is 0 Å². The average Bonchev–Trinajstić information content (AvgIpc) is 2.02. The Kier molecular flexibility index (Phi) is 6.02. The predicted octanol–water partition coefficient (Wildman–Crippen LogP) is -1.82. The summed E-state index contributed by atoms with van der Waals surface area (Å²) in [6.07, 6.45) is 0. The summed E-state index contributed by atoms with van der Waals surface area (Å²) in [4.78, 5) is 19.2. The third-order valence-electron chi connectivity index (χ3n) is 1.33. The number of carboxylic acid groups (broad SMARTS) is 2. The summed E-state index contributed by atoms with van der Waals surface area (Å²) in [6.45, 7) is 0. The van der Waals surface area contributed by atoms with Gasteiger partial charge in [0.05, 0.1) is 0 Å². The summed E-state index contributed by atoms with van der Waals surface area (Å²) < 4.78 is 72.8. The predicted molar refractivity (Wildman–Crippen MR) is 31.2 cm³/mol. The van der Waals surface area contributed by atoms with E-state index in [-0.39, 0.29) is 52.8 Å². The zero-order valence-corrected chi connectivity index (χ0v) is 10.6. The fraction of sp³-hybridized carbons (Fsp3) is 0.600. The van der Waals surface area contributed by atoms with Crippen LogP contribution in [-0.2, 0) is 9.59 Å². The first-order chi connectivity index (χ1) is 6.39. The molecule has 4 nitrogen and oxygen atoms in total. The van der Waals surface area contributed by atoms with Crippen molar-refractivity contribution in [3.05, 3.63) is 0 Å². The molecule has 16 heavy (non-hydrogen) atoms. The Morgan fingerprint density at radius 2 is 1.00 bits per heavy atom. The van der Waals surface area contributed by atoms with Gasteiger partial charge < -0.3 is 11.6 Å². The van der Waals surface area contributed by atoms with Crippen molar-refractivity contribution in [2.45, 2.75) is 17.8 Å². The van der Waals surface area contributed by atoms with Crippen LogP contribution in [0.4, 0.5) is 26.3 Å². The van der Waals surface area contributed by atoms with Gasteiger partial charge in [-0.2, -0.15) is 26.3 Å². The van der Waals surface area contributed by atoms with Crippen molar-refractivity contribution >= 4 is 11.9 Å². The molecule has 0 aliphatic heterocycles. The van der Waals surface area contributed by atoms with Crippen LogP contribution in [-0.4, -0.2) is 39.9 Å². The Balaban J connectivity index is -0.000000980. The van der Waals surface area contributed by atoms with Crippen LogP contribution in [0.1, 0.15) is 1.43 Å². The van der Waals surface area contributed by atoms with Gasteiger partial charge in [0.15, 0.2) is 0 Å². The monoisotopic (exact) mass is 280 g/mol. The Hall–Kier alpha value is 0.156. The second kappa shape index (κ2) is 5.21. The maximum atomic E-state index is 12.2. The van der Waals surface area contributed by atoms with E-state index in [9.17, 15) is 35.9 Å². The number of alkyl halides is 6. The van der Waals surface area contributed by atoms with Crippen LogP contribution in [0, 0.1) is 0 Å². The van der Waals surface area contributed by atoms with Gasteiger partial charge in [-0.05, 0) is 0 Å². The van der Waals surface area contributed by atoms with Gasteiger partial charge >= 0.3 is 81.1 Å². The van der Waals surface area contributed by atoms with Crippen molar-refractivity contribution in [2.75, 3.05) is 0 Å². The first-order valence-electron chi connectivity index (χ1n) is 2.99. The van der Waals surface area contributed by atoms with Crippen molar-refractivity contribution < 1.29 is 99.0 Å². The van der Waals surface area contributed by atoms with Crippen molar-refractivity contribution in [2.24, 2.45) is 0 Å². The molecule has 11 heteroatoms. The van der Waals surface area contributed by atoms with E-state index in [0.717, 1.165) is 0 Å². The minimum absolute atomic E-state index is 0. The summed E-state index contributed by atoms with van der Waals surface area (Å²) in [7, 11) is 0. The first kappa shape index (κ1) is 18.5. The van der Waals surface area contributed by atoms with Gasteiger partial charge in [-0.3, -0.25) is 0 Å². The molecule has 0 heterocycles. The molecule has 0 aromatic rings. The topological polar surface area (TPSA) is 74.6 Å². The van der Waals surface area contributed by atoms with E-state index in [1.54, 1.807) is 0 Å². The number of rotatable bonds is 4. The van der Waals surface area contributed by atoms with Crippen LogP contribution in [0.25, 0.3) is 0 Å². The maximum Gasteiger partial charge on any atom is 1.00 e. The van der Waals surface area contributed by atoms with Crippen LogP contribution < -0.4 is 51.4 Å². The summed E-state index contributed by atoms with van der Waals surface area (Å²) in [6, 6.07) is 0. The third kappa shape index (κ3) is 2.69. The molecule has 0 rings (SSSR count). The molecule has 0 atom stereocenters. The first-order valence-corrected chi connectivity index (χ1v) is 2.99. The third-order valence-corrected chi connectivity index (χ3v) is 1.33. The van der Waals surface area contributed by atoms with Gasteiger partial charge in [0.2, 0.25) is 0 Å². The van der Waals surface area contributed by atoms with Crippen LogP contribution in [0.2, 0.25) is 0 Å². The molecular weight excluding hydrogens is 277 g/mol. The SMILES string of the molecule is O=C(O)C(F)(F)C(F)(F)C(F)(F)C(=O)O.[H-].[K+]. The van der Waals surface area contributed by atoms with E-state index >= 15 is 0 Å². The van der Waals surface area contributed by atoms with Gasteiger partial charge in [-0.1, -0.05) is 0 Å². The van der Waals surface area contributed by atoms with Crippen LogP contribution >= 0.6 is 0 Å². The molecular formula is C5H3F6KO4. The second-order valence-electron chi connectivity index (χ2n) is 2.33.